The summed E-state index contributed by atoms with van der Waals surface area (Å²) in [5, 5.41) is 7.06. The molecule has 3 heterocycles. The van der Waals surface area contributed by atoms with Gasteiger partial charge in [0, 0.05) is 13.1 Å². The van der Waals surface area contributed by atoms with Crippen molar-refractivity contribution in [2.45, 2.75) is 31.6 Å². The van der Waals surface area contributed by atoms with E-state index in [2.05, 4.69) is 15.4 Å². The first-order valence-electron chi connectivity index (χ1n) is 9.46. The van der Waals surface area contributed by atoms with Crippen molar-refractivity contribution in [1.82, 2.24) is 25.0 Å². The van der Waals surface area contributed by atoms with Crippen LogP contribution >= 0.6 is 0 Å². The van der Waals surface area contributed by atoms with E-state index in [1.165, 1.54) is 6.33 Å². The second-order valence-electron chi connectivity index (χ2n) is 6.77. The number of amides is 2. The van der Waals surface area contributed by atoms with Crippen LogP contribution in [0.1, 0.15) is 18.7 Å². The number of nitrogens with zero attached hydrogens (tertiary/aromatic N) is 4. The molecule has 2 amide bonds. The fraction of sp³-hybridized carbons (Fsp3) is 0.474. The van der Waals surface area contributed by atoms with Crippen LogP contribution in [0.25, 0.3) is 5.69 Å². The zero-order valence-electron chi connectivity index (χ0n) is 15.5. The maximum absolute atomic E-state index is 12.5. The molecule has 9 heteroatoms. The van der Waals surface area contributed by atoms with Crippen molar-refractivity contribution < 1.29 is 19.1 Å². The van der Waals surface area contributed by atoms with Gasteiger partial charge in [0.25, 0.3) is 5.91 Å². The Hall–Kier alpha value is -2.78. The SMILES string of the molecule is O=C(NCc1ncnn1-c1ccccc1)[C@@H]1CC[C@H](C(=O)N2CCOCC2)O1. The van der Waals surface area contributed by atoms with Gasteiger partial charge in [0.2, 0.25) is 5.91 Å². The van der Waals surface area contributed by atoms with Gasteiger partial charge < -0.3 is 19.7 Å². The summed E-state index contributed by atoms with van der Waals surface area (Å²) in [5.74, 6) is 0.334. The van der Waals surface area contributed by atoms with E-state index in [-0.39, 0.29) is 18.4 Å². The third-order valence-corrected chi connectivity index (χ3v) is 4.95. The highest BCUT2D eigenvalue weighted by atomic mass is 16.5. The predicted octanol–water partition coefficient (Wildman–Crippen LogP) is 0.290. The van der Waals surface area contributed by atoms with E-state index in [0.29, 0.717) is 45.0 Å². The minimum Gasteiger partial charge on any atom is -0.378 e. The van der Waals surface area contributed by atoms with Crippen LogP contribution in [0.3, 0.4) is 0 Å². The van der Waals surface area contributed by atoms with Crippen LogP contribution in [0.2, 0.25) is 0 Å². The van der Waals surface area contributed by atoms with Crippen molar-refractivity contribution in [3.63, 3.8) is 0 Å². The van der Waals surface area contributed by atoms with Gasteiger partial charge in [-0.1, -0.05) is 18.2 Å². The summed E-state index contributed by atoms with van der Waals surface area (Å²) >= 11 is 0. The maximum Gasteiger partial charge on any atom is 0.251 e. The third-order valence-electron chi connectivity index (χ3n) is 4.95. The number of benzene rings is 1. The lowest BCUT2D eigenvalue weighted by Gasteiger charge is -2.29. The number of ether oxygens (including phenoxy) is 2. The zero-order valence-corrected chi connectivity index (χ0v) is 15.5. The molecule has 9 nitrogen and oxygen atoms in total. The van der Waals surface area contributed by atoms with Crippen molar-refractivity contribution in [2.75, 3.05) is 26.3 Å². The Kier molecular flexibility index (Phi) is 5.63. The quantitative estimate of drug-likeness (QED) is 0.794. The fourth-order valence-corrected chi connectivity index (χ4v) is 3.45. The van der Waals surface area contributed by atoms with Gasteiger partial charge in [-0.25, -0.2) is 9.67 Å². The number of carbonyl (C=O) groups is 2. The molecule has 148 valence electrons. The van der Waals surface area contributed by atoms with E-state index in [4.69, 9.17) is 9.47 Å². The summed E-state index contributed by atoms with van der Waals surface area (Å²) < 4.78 is 12.7. The molecule has 0 bridgehead atoms. The van der Waals surface area contributed by atoms with Gasteiger partial charge in [-0.2, -0.15) is 5.10 Å². The molecule has 2 fully saturated rings. The molecule has 0 spiro atoms. The van der Waals surface area contributed by atoms with Crippen LogP contribution < -0.4 is 5.32 Å². The Morgan fingerprint density at radius 3 is 2.64 bits per heavy atom. The molecule has 2 aromatic rings. The first-order valence-corrected chi connectivity index (χ1v) is 9.46. The molecular weight excluding hydrogens is 362 g/mol. The highest BCUT2D eigenvalue weighted by Gasteiger charge is 2.37. The number of carbonyl (C=O) groups excluding carboxylic acids is 2. The van der Waals surface area contributed by atoms with E-state index in [1.807, 2.05) is 30.3 Å². The van der Waals surface area contributed by atoms with Gasteiger partial charge in [-0.3, -0.25) is 9.59 Å². The number of para-hydroxylation sites is 1. The number of hydrogen-bond donors (Lipinski definition) is 1. The van der Waals surface area contributed by atoms with Crippen LogP contribution in [0.5, 0.6) is 0 Å². The molecule has 2 aliphatic rings. The smallest absolute Gasteiger partial charge is 0.251 e. The van der Waals surface area contributed by atoms with Crippen molar-refractivity contribution in [3.05, 3.63) is 42.5 Å². The molecule has 4 rings (SSSR count). The van der Waals surface area contributed by atoms with Gasteiger partial charge in [0.1, 0.15) is 18.5 Å². The first-order chi connectivity index (χ1) is 13.7. The number of morpholine rings is 1. The summed E-state index contributed by atoms with van der Waals surface area (Å²) in [7, 11) is 0. The molecule has 1 aromatic carbocycles. The topological polar surface area (TPSA) is 98.6 Å². The van der Waals surface area contributed by atoms with Gasteiger partial charge in [0.15, 0.2) is 5.82 Å². The lowest BCUT2D eigenvalue weighted by molar-refractivity contribution is -0.149. The number of rotatable bonds is 5. The molecule has 1 aromatic heterocycles. The zero-order chi connectivity index (χ0) is 19.3. The van der Waals surface area contributed by atoms with Crippen LogP contribution in [0, 0.1) is 0 Å². The molecule has 28 heavy (non-hydrogen) atoms. The average molecular weight is 385 g/mol. The Morgan fingerprint density at radius 1 is 1.11 bits per heavy atom. The normalized spacial score (nSPS) is 22.2. The molecule has 2 aliphatic heterocycles. The number of nitrogens with one attached hydrogen (secondary N) is 1. The molecule has 2 atom stereocenters. The first kappa shape index (κ1) is 18.6. The van der Waals surface area contributed by atoms with Crippen LogP contribution in [-0.4, -0.2) is 70.0 Å². The van der Waals surface area contributed by atoms with E-state index in [1.54, 1.807) is 9.58 Å². The molecule has 2 saturated heterocycles. The molecule has 0 unspecified atom stereocenters. The maximum atomic E-state index is 12.5. The number of aromatic nitrogens is 3. The van der Waals surface area contributed by atoms with E-state index in [9.17, 15) is 9.59 Å². The van der Waals surface area contributed by atoms with Gasteiger partial charge in [-0.15, -0.1) is 0 Å². The summed E-state index contributed by atoms with van der Waals surface area (Å²) in [5.41, 5.74) is 0.873. The Bertz CT molecular complexity index is 819. The third kappa shape index (κ3) is 4.05. The van der Waals surface area contributed by atoms with Crippen LogP contribution in [0.4, 0.5) is 0 Å². The van der Waals surface area contributed by atoms with Gasteiger partial charge in [0.05, 0.1) is 25.4 Å². The summed E-state index contributed by atoms with van der Waals surface area (Å²) in [6.07, 6.45) is 1.36. The molecular formula is C19H23N5O4. The van der Waals surface area contributed by atoms with Crippen molar-refractivity contribution in [2.24, 2.45) is 0 Å². The van der Waals surface area contributed by atoms with E-state index >= 15 is 0 Å². The van der Waals surface area contributed by atoms with E-state index in [0.717, 1.165) is 5.69 Å². The molecule has 0 saturated carbocycles. The van der Waals surface area contributed by atoms with Gasteiger partial charge in [-0.05, 0) is 25.0 Å². The summed E-state index contributed by atoms with van der Waals surface area (Å²) in [4.78, 5) is 31.0. The lowest BCUT2D eigenvalue weighted by atomic mass is 10.1. The lowest BCUT2D eigenvalue weighted by Crippen LogP contribution is -2.46. The Balaban J connectivity index is 1.31. The summed E-state index contributed by atoms with van der Waals surface area (Å²) in [6, 6.07) is 9.59. The minimum atomic E-state index is -0.622. The van der Waals surface area contributed by atoms with E-state index < -0.39 is 12.2 Å². The second-order valence-corrected chi connectivity index (χ2v) is 6.77. The highest BCUT2D eigenvalue weighted by molar-refractivity contribution is 5.85. The van der Waals surface area contributed by atoms with Crippen LogP contribution in [0.15, 0.2) is 36.7 Å². The highest BCUT2D eigenvalue weighted by Crippen LogP contribution is 2.22. The monoisotopic (exact) mass is 385 g/mol. The molecule has 0 aliphatic carbocycles. The van der Waals surface area contributed by atoms with Crippen molar-refractivity contribution >= 4 is 11.8 Å². The average Bonchev–Trinajstić information content (AvgIpc) is 3.42. The predicted molar refractivity (Wildman–Crippen MR) is 98.5 cm³/mol. The minimum absolute atomic E-state index is 0.0533. The summed E-state index contributed by atoms with van der Waals surface area (Å²) in [6.45, 7) is 2.47. The standard InChI is InChI=1S/C19H23N5O4/c25-18(15-6-7-16(28-15)19(26)23-8-10-27-11-9-23)20-12-17-21-13-22-24(17)14-4-2-1-3-5-14/h1-5,13,15-16H,6-12H2,(H,20,25)/t15-,16+/m0/s1. The Labute approximate surface area is 162 Å². The molecule has 1 N–H and O–H groups in total. The van der Waals surface area contributed by atoms with Gasteiger partial charge >= 0.3 is 0 Å². The fourth-order valence-electron chi connectivity index (χ4n) is 3.45. The number of hydrogen-bond acceptors (Lipinski definition) is 6. The Morgan fingerprint density at radius 2 is 1.86 bits per heavy atom. The molecule has 0 radical (unpaired) electrons. The second kappa shape index (κ2) is 8.49. The van der Waals surface area contributed by atoms with Crippen LogP contribution in [-0.2, 0) is 25.6 Å². The van der Waals surface area contributed by atoms with Crippen molar-refractivity contribution in [1.29, 1.82) is 0 Å². The van der Waals surface area contributed by atoms with Crippen molar-refractivity contribution in [3.8, 4) is 5.69 Å². The largest absolute Gasteiger partial charge is 0.378 e.